The van der Waals surface area contributed by atoms with Crippen LogP contribution in [0.4, 0.5) is 4.79 Å². The van der Waals surface area contributed by atoms with Gasteiger partial charge in [-0.2, -0.15) is 0 Å². The molecule has 3 rings (SSSR count). The van der Waals surface area contributed by atoms with Crippen LogP contribution in [-0.4, -0.2) is 30.3 Å². The van der Waals surface area contributed by atoms with Gasteiger partial charge in [0.15, 0.2) is 0 Å². The quantitative estimate of drug-likeness (QED) is 0.765. The Hall–Kier alpha value is -1.26. The van der Waals surface area contributed by atoms with E-state index in [1.54, 1.807) is 0 Å². The van der Waals surface area contributed by atoms with Crippen molar-refractivity contribution in [2.75, 3.05) is 7.11 Å². The van der Waals surface area contributed by atoms with Crippen LogP contribution in [0.3, 0.4) is 0 Å². The highest BCUT2D eigenvalue weighted by atomic mass is 16.6. The molecule has 1 amide bonds. The topological polar surface area (TPSA) is 64.6 Å². The highest BCUT2D eigenvalue weighted by Gasteiger charge is 2.59. The van der Waals surface area contributed by atoms with Gasteiger partial charge in [0.05, 0.1) is 13.0 Å². The first kappa shape index (κ1) is 13.2. The number of rotatable bonds is 2. The molecule has 5 nitrogen and oxygen atoms in total. The van der Waals surface area contributed by atoms with Gasteiger partial charge in [-0.3, -0.25) is 4.79 Å². The van der Waals surface area contributed by atoms with Crippen molar-refractivity contribution in [3.8, 4) is 0 Å². The van der Waals surface area contributed by atoms with Crippen LogP contribution in [0.15, 0.2) is 0 Å². The summed E-state index contributed by atoms with van der Waals surface area (Å²) in [6, 6.07) is 0. The number of methoxy groups -OCH3 is 1. The van der Waals surface area contributed by atoms with Gasteiger partial charge in [-0.1, -0.05) is 0 Å². The van der Waals surface area contributed by atoms with Crippen LogP contribution >= 0.6 is 0 Å². The minimum atomic E-state index is -0.496. The number of esters is 1. The number of hydrogen-bond acceptors (Lipinski definition) is 4. The summed E-state index contributed by atoms with van der Waals surface area (Å²) < 4.78 is 10.0. The molecule has 0 aromatic rings. The molecule has 0 heterocycles. The highest BCUT2D eigenvalue weighted by molar-refractivity contribution is 5.75. The molecule has 0 aliphatic heterocycles. The average Bonchev–Trinajstić information content (AvgIpc) is 2.67. The number of alkyl carbamates (subject to hydrolysis) is 1. The van der Waals surface area contributed by atoms with E-state index < -0.39 is 11.7 Å². The smallest absolute Gasteiger partial charge is 0.408 e. The third-order valence-corrected chi connectivity index (χ3v) is 3.76. The Balaban J connectivity index is 1.90. The fourth-order valence-corrected chi connectivity index (χ4v) is 3.08. The Labute approximate surface area is 107 Å². The summed E-state index contributed by atoms with van der Waals surface area (Å²) in [5, 5.41) is 2.92. The zero-order valence-corrected chi connectivity index (χ0v) is 11.4. The van der Waals surface area contributed by atoms with Gasteiger partial charge in [0.2, 0.25) is 0 Å². The van der Waals surface area contributed by atoms with Crippen molar-refractivity contribution in [2.24, 2.45) is 11.8 Å². The van der Waals surface area contributed by atoms with Gasteiger partial charge in [-0.25, -0.2) is 4.79 Å². The molecule has 18 heavy (non-hydrogen) atoms. The molecule has 3 saturated carbocycles. The Bertz CT molecular complexity index is 366. The van der Waals surface area contributed by atoms with E-state index in [0.29, 0.717) is 12.3 Å². The molecule has 0 aromatic heterocycles. The number of fused-ring (bicyclic) bond motifs is 1. The van der Waals surface area contributed by atoms with E-state index in [-0.39, 0.29) is 17.4 Å². The second-order valence-electron chi connectivity index (χ2n) is 6.41. The van der Waals surface area contributed by atoms with Crippen LogP contribution in [0, 0.1) is 11.8 Å². The Morgan fingerprint density at radius 2 is 1.83 bits per heavy atom. The lowest BCUT2D eigenvalue weighted by atomic mass is 9.76. The molecule has 0 spiro atoms. The minimum absolute atomic E-state index is 0.0649. The average molecular weight is 255 g/mol. The van der Waals surface area contributed by atoms with Gasteiger partial charge in [0.25, 0.3) is 0 Å². The molecule has 102 valence electrons. The summed E-state index contributed by atoms with van der Waals surface area (Å²) in [6.45, 7) is 5.50. The zero-order valence-electron chi connectivity index (χ0n) is 11.4. The lowest BCUT2D eigenvalue weighted by Crippen LogP contribution is -2.53. The van der Waals surface area contributed by atoms with E-state index in [4.69, 9.17) is 9.47 Å². The van der Waals surface area contributed by atoms with Crippen molar-refractivity contribution in [1.29, 1.82) is 0 Å². The van der Waals surface area contributed by atoms with E-state index in [9.17, 15) is 9.59 Å². The molecule has 3 fully saturated rings. The third-order valence-electron chi connectivity index (χ3n) is 3.76. The second-order valence-corrected chi connectivity index (χ2v) is 6.41. The summed E-state index contributed by atoms with van der Waals surface area (Å²) in [7, 11) is 1.41. The fourth-order valence-electron chi connectivity index (χ4n) is 3.08. The zero-order chi connectivity index (χ0) is 13.6. The lowest BCUT2D eigenvalue weighted by molar-refractivity contribution is -0.146. The summed E-state index contributed by atoms with van der Waals surface area (Å²) >= 11 is 0. The van der Waals surface area contributed by atoms with Crippen molar-refractivity contribution in [2.45, 2.75) is 51.2 Å². The Morgan fingerprint density at radius 3 is 2.33 bits per heavy atom. The number of nitrogens with one attached hydrogen (secondary N) is 1. The van der Waals surface area contributed by atoms with E-state index in [1.165, 1.54) is 7.11 Å². The van der Waals surface area contributed by atoms with Crippen LogP contribution in [0.25, 0.3) is 0 Å². The van der Waals surface area contributed by atoms with Gasteiger partial charge in [0.1, 0.15) is 5.60 Å². The molecule has 1 atom stereocenters. The largest absolute Gasteiger partial charge is 0.469 e. The van der Waals surface area contributed by atoms with Gasteiger partial charge in [0, 0.05) is 5.54 Å². The van der Waals surface area contributed by atoms with E-state index in [1.807, 2.05) is 20.8 Å². The molecular weight excluding hydrogens is 234 g/mol. The fraction of sp³-hybridized carbons (Fsp3) is 0.846. The van der Waals surface area contributed by atoms with Crippen molar-refractivity contribution in [3.63, 3.8) is 0 Å². The monoisotopic (exact) mass is 255 g/mol. The maximum absolute atomic E-state index is 11.7. The minimum Gasteiger partial charge on any atom is -0.469 e. The maximum Gasteiger partial charge on any atom is 0.408 e. The molecule has 5 heteroatoms. The molecular formula is C13H21NO4. The highest BCUT2D eigenvalue weighted by Crippen LogP contribution is 2.55. The molecule has 1 unspecified atom stereocenters. The third kappa shape index (κ3) is 2.44. The van der Waals surface area contributed by atoms with Gasteiger partial charge in [-0.15, -0.1) is 0 Å². The molecule has 0 saturated heterocycles. The van der Waals surface area contributed by atoms with E-state index >= 15 is 0 Å². The number of carbonyl (C=O) groups excluding carboxylic acids is 2. The van der Waals surface area contributed by atoms with E-state index in [2.05, 4.69) is 5.32 Å². The van der Waals surface area contributed by atoms with Crippen LogP contribution in [0.5, 0.6) is 0 Å². The Morgan fingerprint density at radius 1 is 1.22 bits per heavy atom. The Kier molecular flexibility index (Phi) is 3.03. The van der Waals surface area contributed by atoms with Gasteiger partial charge in [-0.05, 0) is 46.0 Å². The van der Waals surface area contributed by atoms with Crippen molar-refractivity contribution in [3.05, 3.63) is 0 Å². The SMILES string of the molecule is COC(=O)C1CC2(NC(=O)OC(C)(C)C)CC1C2. The predicted octanol–water partition coefficient (Wildman–Crippen LogP) is 1.85. The van der Waals surface area contributed by atoms with Gasteiger partial charge < -0.3 is 14.8 Å². The van der Waals surface area contributed by atoms with Crippen LogP contribution in [-0.2, 0) is 14.3 Å². The lowest BCUT2D eigenvalue weighted by Gasteiger charge is -2.39. The van der Waals surface area contributed by atoms with Crippen molar-refractivity contribution < 1.29 is 19.1 Å². The predicted molar refractivity (Wildman–Crippen MR) is 64.9 cm³/mol. The molecule has 3 aliphatic carbocycles. The standard InChI is InChI=1S/C13H21NO4/c1-12(2,3)18-11(16)14-13-5-8(6-13)9(7-13)10(15)17-4/h8-9H,5-7H2,1-4H3,(H,14,16). The van der Waals surface area contributed by atoms with Crippen LogP contribution in [0.2, 0.25) is 0 Å². The summed E-state index contributed by atoms with van der Waals surface area (Å²) in [4.78, 5) is 23.3. The molecule has 1 N–H and O–H groups in total. The first-order valence-corrected chi connectivity index (χ1v) is 6.34. The number of ether oxygens (including phenoxy) is 2. The van der Waals surface area contributed by atoms with Crippen molar-refractivity contribution >= 4 is 12.1 Å². The normalized spacial score (nSPS) is 33.6. The first-order chi connectivity index (χ1) is 8.25. The van der Waals surface area contributed by atoms with Crippen molar-refractivity contribution in [1.82, 2.24) is 5.32 Å². The maximum atomic E-state index is 11.7. The summed E-state index contributed by atoms with van der Waals surface area (Å²) in [5.41, 5.74) is -0.740. The summed E-state index contributed by atoms with van der Waals surface area (Å²) in [5.74, 6) is 0.127. The van der Waals surface area contributed by atoms with Crippen LogP contribution in [0.1, 0.15) is 40.0 Å². The van der Waals surface area contributed by atoms with E-state index in [0.717, 1.165) is 12.8 Å². The van der Waals surface area contributed by atoms with Crippen LogP contribution < -0.4 is 5.32 Å². The molecule has 2 bridgehead atoms. The first-order valence-electron chi connectivity index (χ1n) is 6.34. The second kappa shape index (κ2) is 4.14. The molecule has 0 aromatic carbocycles. The number of hydrogen-bond donors (Lipinski definition) is 1. The summed E-state index contributed by atoms with van der Waals surface area (Å²) in [6.07, 6.45) is 1.98. The number of carbonyl (C=O) groups is 2. The number of amides is 1. The molecule has 3 aliphatic rings. The molecule has 0 radical (unpaired) electrons. The van der Waals surface area contributed by atoms with Gasteiger partial charge >= 0.3 is 12.1 Å².